The Bertz CT molecular complexity index is 2260. The second kappa shape index (κ2) is 16.1. The van der Waals surface area contributed by atoms with Gasteiger partial charge in [-0.05, 0) is 87.6 Å². The smallest absolute Gasteiger partial charge is 0.311 e. The van der Waals surface area contributed by atoms with Crippen molar-refractivity contribution in [3.05, 3.63) is 115 Å². The van der Waals surface area contributed by atoms with Crippen molar-refractivity contribution in [2.45, 2.75) is 31.3 Å². The van der Waals surface area contributed by atoms with Gasteiger partial charge in [0, 0.05) is 79.6 Å². The molecule has 3 aromatic carbocycles. The maximum absolute atomic E-state index is 14.3. The summed E-state index contributed by atoms with van der Waals surface area (Å²) < 4.78 is 31.8. The highest BCUT2D eigenvalue weighted by molar-refractivity contribution is 7.90. The standard InChI is InChI=1S/C40H45N9O3S/c1-3-48-29-37(38(45-48)30-15-17-32(18-16-30)44-40(50)43-31-11-6-4-7-12-31)35-19-21-42-39-36(35)27-33(49(39)53(51,52)34-13-8-5-9-14-34)28-41-20-10-22-47-25-23-46(2)24-26-47/h4-9,11-19,21,27,29,41H,3,10,20,22-26,28H2,1-2H3,(H2,43,44,50). The van der Waals surface area contributed by atoms with Gasteiger partial charge < -0.3 is 25.8 Å². The highest BCUT2D eigenvalue weighted by Gasteiger charge is 2.26. The average molecular weight is 732 g/mol. The molecule has 4 heterocycles. The van der Waals surface area contributed by atoms with Crippen molar-refractivity contribution >= 4 is 38.5 Å². The maximum atomic E-state index is 14.3. The molecule has 1 saturated heterocycles. The fourth-order valence-electron chi connectivity index (χ4n) is 6.69. The molecule has 0 bridgehead atoms. The van der Waals surface area contributed by atoms with Gasteiger partial charge in [0.05, 0.1) is 10.6 Å². The van der Waals surface area contributed by atoms with Crippen LogP contribution in [0.2, 0.25) is 0 Å². The number of nitrogens with zero attached hydrogens (tertiary/aromatic N) is 6. The molecule has 1 aliphatic rings. The number of carbonyl (C=O) groups excluding carboxylic acids is 1. The summed E-state index contributed by atoms with van der Waals surface area (Å²) in [5, 5.41) is 14.9. The Morgan fingerprint density at radius 1 is 0.830 bits per heavy atom. The molecular weight excluding hydrogens is 687 g/mol. The van der Waals surface area contributed by atoms with E-state index in [2.05, 4.69) is 37.8 Å². The maximum Gasteiger partial charge on any atom is 0.323 e. The zero-order valence-corrected chi connectivity index (χ0v) is 30.9. The number of urea groups is 1. The molecule has 0 saturated carbocycles. The van der Waals surface area contributed by atoms with E-state index < -0.39 is 10.0 Å². The van der Waals surface area contributed by atoms with E-state index in [4.69, 9.17) is 5.10 Å². The lowest BCUT2D eigenvalue weighted by Crippen LogP contribution is -2.45. The van der Waals surface area contributed by atoms with Gasteiger partial charge in [-0.15, -0.1) is 0 Å². The highest BCUT2D eigenvalue weighted by atomic mass is 32.2. The van der Waals surface area contributed by atoms with Crippen molar-refractivity contribution in [2.75, 3.05) is 56.9 Å². The Morgan fingerprint density at radius 2 is 1.51 bits per heavy atom. The number of carbonyl (C=O) groups is 1. The van der Waals surface area contributed by atoms with Gasteiger partial charge in [-0.25, -0.2) is 22.2 Å². The first-order chi connectivity index (χ1) is 25.8. The van der Waals surface area contributed by atoms with Gasteiger partial charge in [-0.3, -0.25) is 4.68 Å². The van der Waals surface area contributed by atoms with Gasteiger partial charge in [0.25, 0.3) is 10.0 Å². The molecule has 0 atom stereocenters. The van der Waals surface area contributed by atoms with Crippen molar-refractivity contribution in [1.29, 1.82) is 0 Å². The van der Waals surface area contributed by atoms with Crippen LogP contribution in [0.1, 0.15) is 19.0 Å². The third kappa shape index (κ3) is 8.18. The SMILES string of the molecule is CCn1cc(-c2ccnc3c2cc(CNCCCN2CCN(C)CC2)n3S(=O)(=O)c2ccccc2)c(-c2ccc(NC(=O)Nc3ccccc3)cc2)n1. The van der Waals surface area contributed by atoms with Crippen molar-refractivity contribution in [2.24, 2.45) is 0 Å². The van der Waals surface area contributed by atoms with Crippen LogP contribution in [0.3, 0.4) is 0 Å². The molecule has 0 aliphatic carbocycles. The monoisotopic (exact) mass is 731 g/mol. The predicted molar refractivity (Wildman–Crippen MR) is 210 cm³/mol. The van der Waals surface area contributed by atoms with Crippen LogP contribution in [0.25, 0.3) is 33.4 Å². The van der Waals surface area contributed by atoms with E-state index in [0.29, 0.717) is 41.2 Å². The summed E-state index contributed by atoms with van der Waals surface area (Å²) in [6.07, 6.45) is 4.61. The second-order valence-electron chi connectivity index (χ2n) is 13.3. The van der Waals surface area contributed by atoms with Crippen LogP contribution in [-0.4, -0.2) is 89.3 Å². The second-order valence-corrected chi connectivity index (χ2v) is 15.0. The fraction of sp³-hybridized carbons (Fsp3) is 0.275. The summed E-state index contributed by atoms with van der Waals surface area (Å²) in [7, 11) is -1.82. The number of hydrogen-bond donors (Lipinski definition) is 3. The van der Waals surface area contributed by atoms with Crippen molar-refractivity contribution in [1.82, 2.24) is 33.9 Å². The van der Waals surface area contributed by atoms with E-state index in [0.717, 1.165) is 68.1 Å². The van der Waals surface area contributed by atoms with Gasteiger partial charge >= 0.3 is 6.03 Å². The Balaban J connectivity index is 1.19. The summed E-state index contributed by atoms with van der Waals surface area (Å²) in [5.41, 5.74) is 5.57. The lowest BCUT2D eigenvalue weighted by molar-refractivity contribution is 0.152. The average Bonchev–Trinajstić information content (AvgIpc) is 3.79. The summed E-state index contributed by atoms with van der Waals surface area (Å²) in [5.74, 6) is 0. The molecule has 1 aliphatic heterocycles. The van der Waals surface area contributed by atoms with E-state index >= 15 is 0 Å². The molecule has 2 amide bonds. The molecule has 3 aromatic heterocycles. The first-order valence-electron chi connectivity index (χ1n) is 18.0. The number of hydrogen-bond acceptors (Lipinski definition) is 8. The number of pyridine rings is 1. The minimum absolute atomic E-state index is 0.201. The van der Waals surface area contributed by atoms with E-state index in [1.807, 2.05) is 84.5 Å². The van der Waals surface area contributed by atoms with Crippen LogP contribution in [0.15, 0.2) is 114 Å². The van der Waals surface area contributed by atoms with Crippen LogP contribution < -0.4 is 16.0 Å². The summed E-state index contributed by atoms with van der Waals surface area (Å²) in [6.45, 7) is 9.08. The van der Waals surface area contributed by atoms with Crippen molar-refractivity contribution in [3.63, 3.8) is 0 Å². The number of nitrogens with one attached hydrogen (secondary N) is 3. The normalized spacial score (nSPS) is 14.1. The van der Waals surface area contributed by atoms with E-state index in [9.17, 15) is 13.2 Å². The number of piperazine rings is 1. The molecule has 0 radical (unpaired) electrons. The number of para-hydroxylation sites is 1. The highest BCUT2D eigenvalue weighted by Crippen LogP contribution is 2.37. The molecule has 3 N–H and O–H groups in total. The van der Waals surface area contributed by atoms with Gasteiger partial charge in [0.15, 0.2) is 5.65 Å². The van der Waals surface area contributed by atoms with Gasteiger partial charge in [0.1, 0.15) is 5.69 Å². The molecule has 0 unspecified atom stereocenters. The van der Waals surface area contributed by atoms with Gasteiger partial charge in [-0.1, -0.05) is 48.5 Å². The summed E-state index contributed by atoms with van der Waals surface area (Å²) in [4.78, 5) is 22.3. The predicted octanol–water partition coefficient (Wildman–Crippen LogP) is 6.19. The molecule has 274 valence electrons. The zero-order chi connectivity index (χ0) is 36.8. The number of benzene rings is 3. The van der Waals surface area contributed by atoms with E-state index in [1.54, 1.807) is 36.5 Å². The van der Waals surface area contributed by atoms with Crippen LogP contribution in [0.5, 0.6) is 0 Å². The van der Waals surface area contributed by atoms with Crippen LogP contribution in [0, 0.1) is 0 Å². The summed E-state index contributed by atoms with van der Waals surface area (Å²) in [6, 6.07) is 28.8. The molecule has 1 fully saturated rings. The third-order valence-corrected chi connectivity index (χ3v) is 11.3. The Labute approximate surface area is 310 Å². The van der Waals surface area contributed by atoms with Crippen LogP contribution in [0.4, 0.5) is 16.2 Å². The Hall–Kier alpha value is -5.34. The molecule has 12 nitrogen and oxygen atoms in total. The number of fused-ring (bicyclic) bond motifs is 1. The lowest BCUT2D eigenvalue weighted by atomic mass is 10.00. The van der Waals surface area contributed by atoms with E-state index in [-0.39, 0.29) is 10.9 Å². The first-order valence-corrected chi connectivity index (χ1v) is 19.5. The van der Waals surface area contributed by atoms with Crippen molar-refractivity contribution < 1.29 is 13.2 Å². The third-order valence-electron chi connectivity index (χ3n) is 9.57. The van der Waals surface area contributed by atoms with Gasteiger partial charge in [-0.2, -0.15) is 5.10 Å². The quantitative estimate of drug-likeness (QED) is 0.120. The zero-order valence-electron chi connectivity index (χ0n) is 30.1. The minimum atomic E-state index is -3.97. The molecule has 0 spiro atoms. The first kappa shape index (κ1) is 36.0. The molecule has 13 heteroatoms. The molecule has 53 heavy (non-hydrogen) atoms. The van der Waals surface area contributed by atoms with Crippen LogP contribution >= 0.6 is 0 Å². The summed E-state index contributed by atoms with van der Waals surface area (Å²) >= 11 is 0. The Kier molecular flexibility index (Phi) is 11.0. The fourth-order valence-corrected chi connectivity index (χ4v) is 8.20. The number of amides is 2. The van der Waals surface area contributed by atoms with Crippen LogP contribution in [-0.2, 0) is 23.1 Å². The lowest BCUT2D eigenvalue weighted by Gasteiger charge is -2.32. The van der Waals surface area contributed by atoms with Gasteiger partial charge in [0.2, 0.25) is 0 Å². The Morgan fingerprint density at radius 3 is 2.21 bits per heavy atom. The molecule has 6 aromatic rings. The number of likely N-dealkylation sites (N-methyl/N-ethyl adjacent to an activating group) is 1. The van der Waals surface area contributed by atoms with Crippen molar-refractivity contribution in [3.8, 4) is 22.4 Å². The number of aromatic nitrogens is 4. The van der Waals surface area contributed by atoms with E-state index in [1.165, 1.54) is 3.97 Å². The topological polar surface area (TPSA) is 129 Å². The molecular formula is C40H45N9O3S. The minimum Gasteiger partial charge on any atom is -0.311 e. The largest absolute Gasteiger partial charge is 0.323 e. The number of aryl methyl sites for hydroxylation is 1. The molecule has 7 rings (SSSR count). The number of rotatable bonds is 13. The number of anilines is 2.